The smallest absolute Gasteiger partial charge is 0.291 e. The number of Topliss-reactive ketones (excluding diaryl/α,β-unsaturated/α-hetero) is 2. The monoisotopic (exact) mass is 1020 g/mol. The summed E-state index contributed by atoms with van der Waals surface area (Å²) in [6.07, 6.45) is 8.22. The van der Waals surface area contributed by atoms with E-state index in [-0.39, 0.29) is 33.2 Å². The predicted molar refractivity (Wildman–Crippen MR) is 322 cm³/mol. The first-order chi connectivity index (χ1) is 34.4. The number of ketones is 2. The molecule has 4 aromatic carbocycles. The average molecular weight is 1020 g/mol. The van der Waals surface area contributed by atoms with Gasteiger partial charge in [0.15, 0.2) is 0 Å². The van der Waals surface area contributed by atoms with Gasteiger partial charge in [-0.25, -0.2) is 0 Å². The Balaban J connectivity index is 1.64. The molecule has 2 aliphatic carbocycles. The van der Waals surface area contributed by atoms with Crippen molar-refractivity contribution in [2.45, 2.75) is 188 Å². The number of phenolic OH excluding ortho intramolecular Hbond substituents is 2. The minimum Gasteiger partial charge on any atom is -0.507 e. The van der Waals surface area contributed by atoms with Gasteiger partial charge in [-0.3, -0.25) is 9.59 Å². The van der Waals surface area contributed by atoms with E-state index in [2.05, 4.69) is 275 Å². The van der Waals surface area contributed by atoms with Crippen LogP contribution in [-0.4, -0.2) is 21.8 Å². The summed E-state index contributed by atoms with van der Waals surface area (Å²) in [6, 6.07) is 21.2. The van der Waals surface area contributed by atoms with Crippen LogP contribution < -0.4 is 0 Å². The summed E-state index contributed by atoms with van der Waals surface area (Å²) in [7, 11) is 0. The lowest BCUT2D eigenvalue weighted by Gasteiger charge is -2.29. The third-order valence-corrected chi connectivity index (χ3v) is 14.5. The van der Waals surface area contributed by atoms with Crippen LogP contribution in [0.25, 0.3) is 33.4 Å². The van der Waals surface area contributed by atoms with Crippen LogP contribution in [0, 0.1) is 57.2 Å². The highest BCUT2D eigenvalue weighted by atomic mass is 16.3. The summed E-state index contributed by atoms with van der Waals surface area (Å²) in [5, 5.41) is 23.5. The van der Waals surface area contributed by atoms with Gasteiger partial charge in [0.2, 0.25) is 0 Å². The van der Waals surface area contributed by atoms with Gasteiger partial charge in [-0.1, -0.05) is 94.9 Å². The van der Waals surface area contributed by atoms with Crippen molar-refractivity contribution in [1.82, 2.24) is 0 Å². The first kappa shape index (κ1) is 58.9. The van der Waals surface area contributed by atoms with E-state index in [9.17, 15) is 19.8 Å². The van der Waals surface area contributed by atoms with Crippen molar-refractivity contribution >= 4 is 22.7 Å². The number of allylic oxidation sites excluding steroid dienone is 8. The molecule has 398 valence electrons. The molecular weight excluding hydrogens is 929 g/mol. The highest BCUT2D eigenvalue weighted by Crippen LogP contribution is 2.48. The molecule has 6 rings (SSSR count). The highest BCUT2D eigenvalue weighted by Gasteiger charge is 2.47. The summed E-state index contributed by atoms with van der Waals surface area (Å²) < 4.78 is 0. The van der Waals surface area contributed by atoms with Crippen LogP contribution in [-0.2, 0) is 31.2 Å². The Morgan fingerprint density at radius 1 is 0.342 bits per heavy atom. The van der Waals surface area contributed by atoms with Crippen molar-refractivity contribution in [2.24, 2.45) is 21.7 Å². The van der Waals surface area contributed by atoms with Crippen LogP contribution in [0.2, 0.25) is 0 Å². The molecule has 76 heavy (non-hydrogen) atoms. The minimum atomic E-state index is -0.393. The highest BCUT2D eigenvalue weighted by molar-refractivity contribution is 6.15. The van der Waals surface area contributed by atoms with Crippen LogP contribution in [0.4, 0.5) is 0 Å². The molecule has 2 aliphatic rings. The maximum absolute atomic E-state index is 14.2. The third-order valence-electron chi connectivity index (χ3n) is 14.5. The second-order valence-electron chi connectivity index (χ2n) is 29.7. The Morgan fingerprint density at radius 3 is 0.829 bits per heavy atom. The second kappa shape index (κ2) is 19.9. The number of phenols is 2. The minimum absolute atomic E-state index is 0.0759. The lowest BCUT2D eigenvalue weighted by Crippen LogP contribution is -2.32. The summed E-state index contributed by atoms with van der Waals surface area (Å²) in [6.45, 7) is 50.6. The molecule has 4 heteroatoms. The molecule has 0 heterocycles. The van der Waals surface area contributed by atoms with Crippen molar-refractivity contribution in [3.8, 4) is 57.4 Å². The van der Waals surface area contributed by atoms with Gasteiger partial charge in [-0.2, -0.15) is 0 Å². The van der Waals surface area contributed by atoms with Crippen LogP contribution in [0.1, 0.15) is 211 Å². The van der Waals surface area contributed by atoms with E-state index in [1.54, 1.807) is 0 Å². The average Bonchev–Trinajstić information content (AvgIpc) is 3.24. The van der Waals surface area contributed by atoms with Crippen molar-refractivity contribution in [3.63, 3.8) is 0 Å². The van der Waals surface area contributed by atoms with Crippen LogP contribution >= 0.6 is 0 Å². The van der Waals surface area contributed by atoms with Gasteiger partial charge in [0.1, 0.15) is 34.5 Å². The first-order valence-electron chi connectivity index (χ1n) is 27.2. The van der Waals surface area contributed by atoms with E-state index in [0.29, 0.717) is 11.5 Å². The fourth-order valence-corrected chi connectivity index (χ4v) is 9.98. The second-order valence-corrected chi connectivity index (χ2v) is 29.7. The van der Waals surface area contributed by atoms with Crippen molar-refractivity contribution in [3.05, 3.63) is 152 Å². The molecule has 0 atom stereocenters. The SMILES string of the molecule is CC(C)(C)C1=CC(c2cc(C#CC#Cc3cc(C4=C[C+](C(C)(C)C)C(=O)C(C(C)(C)C)=C4)cc(-c4cc(C(C)(C)C)c(O)c(C(C)(C)C)c4)c3)cc(-c3cc(C(C)(C)C)c(O)c(C(C)(C)C)c3)c2)=C[C+](C(C)(C)C)C1=O. The number of rotatable bonds is 4. The molecule has 0 spiro atoms. The van der Waals surface area contributed by atoms with Crippen molar-refractivity contribution in [1.29, 1.82) is 0 Å². The number of hydrogen-bond donors (Lipinski definition) is 2. The zero-order valence-corrected chi connectivity index (χ0v) is 50.8. The van der Waals surface area contributed by atoms with E-state index >= 15 is 0 Å². The fourth-order valence-electron chi connectivity index (χ4n) is 9.98. The molecule has 0 saturated heterocycles. The lowest BCUT2D eigenvalue weighted by atomic mass is 9.67. The number of hydrogen-bond acceptors (Lipinski definition) is 4. The van der Waals surface area contributed by atoms with Gasteiger partial charge >= 0.3 is 0 Å². The normalized spacial score (nSPS) is 15.3. The van der Waals surface area contributed by atoms with E-state index < -0.39 is 21.7 Å². The molecule has 0 aromatic heterocycles. The zero-order valence-electron chi connectivity index (χ0n) is 50.8. The molecule has 4 aromatic rings. The van der Waals surface area contributed by atoms with Gasteiger partial charge in [0.05, 0.1) is 35.5 Å². The maximum Gasteiger partial charge on any atom is 0.291 e. The Morgan fingerprint density at radius 2 is 0.592 bits per heavy atom. The quantitative estimate of drug-likeness (QED) is 0.158. The Kier molecular flexibility index (Phi) is 15.4. The standard InChI is InChI=1S/C72H86O4/c1-65(2,3)53-35-49(36-54(61(53)73)66(4,5)6)45-29-43(30-46(33-45)50-37-55(67(7,8)9)62(74)56(38-50)68(10,11)12)27-25-26-28-44-31-47(51-39-57(69(13,14)15)63(75)58(40-51)70(16,17)18)34-48(32-44)52-41-59(71(19,20)21)64(76)60(42-52)72(22,23)24/h29-42H,1-24H3/p+2. The summed E-state index contributed by atoms with van der Waals surface area (Å²) in [5.74, 6) is 15.7. The van der Waals surface area contributed by atoms with Gasteiger partial charge in [-0.15, -0.1) is 0 Å². The van der Waals surface area contributed by atoms with E-state index in [1.165, 1.54) is 0 Å². The Bertz CT molecular complexity index is 2960. The van der Waals surface area contributed by atoms with Crippen LogP contribution in [0.5, 0.6) is 11.5 Å². The molecule has 0 unspecified atom stereocenters. The lowest BCUT2D eigenvalue weighted by molar-refractivity contribution is -0.116. The van der Waals surface area contributed by atoms with Gasteiger partial charge in [-0.05, 0) is 200 Å². The fraction of sp³-hybridized carbons (Fsp3) is 0.444. The summed E-state index contributed by atoms with van der Waals surface area (Å²) >= 11 is 0. The molecule has 2 N–H and O–H groups in total. The molecule has 0 aliphatic heterocycles. The van der Waals surface area contributed by atoms with Crippen molar-refractivity contribution in [2.75, 3.05) is 0 Å². The topological polar surface area (TPSA) is 74.6 Å². The number of carbonyl (C=O) groups excluding carboxylic acids is 2. The molecule has 0 fully saturated rings. The number of carbonyl (C=O) groups is 2. The number of benzene rings is 4. The molecule has 0 bridgehead atoms. The van der Waals surface area contributed by atoms with Gasteiger partial charge in [0.25, 0.3) is 11.6 Å². The predicted octanol–water partition coefficient (Wildman–Crippen LogP) is 18.1. The Hall–Kier alpha value is -6.36. The Labute approximate surface area is 459 Å². The van der Waals surface area contributed by atoms with Crippen molar-refractivity contribution < 1.29 is 19.8 Å². The summed E-state index contributed by atoms with van der Waals surface area (Å²) in [5.41, 5.74) is 11.1. The zero-order chi connectivity index (χ0) is 57.4. The molecule has 0 saturated carbocycles. The van der Waals surface area contributed by atoms with Crippen LogP contribution in [0.15, 0.2) is 96.1 Å². The van der Waals surface area contributed by atoms with Gasteiger partial charge < -0.3 is 10.2 Å². The van der Waals surface area contributed by atoms with E-state index in [4.69, 9.17) is 0 Å². The molecular formula is C72H88O4+2. The summed E-state index contributed by atoms with van der Waals surface area (Å²) in [4.78, 5) is 28.3. The van der Waals surface area contributed by atoms with Crippen LogP contribution in [0.3, 0.4) is 0 Å². The third kappa shape index (κ3) is 12.9. The van der Waals surface area contributed by atoms with E-state index in [0.717, 1.165) is 101 Å². The largest absolute Gasteiger partial charge is 0.507 e. The molecule has 4 nitrogen and oxygen atoms in total. The maximum atomic E-state index is 14.2. The molecule has 0 amide bonds. The number of aromatic hydroxyl groups is 2. The van der Waals surface area contributed by atoms with Gasteiger partial charge in [0, 0.05) is 66.2 Å². The van der Waals surface area contributed by atoms with E-state index in [1.807, 2.05) is 0 Å². The molecule has 0 radical (unpaired) electrons. The first-order valence-corrected chi connectivity index (χ1v) is 27.2.